The fourth-order valence-corrected chi connectivity index (χ4v) is 6.34. The Kier molecular flexibility index (Phi) is 6.16. The molecule has 6 atom stereocenters. The lowest BCUT2D eigenvalue weighted by Gasteiger charge is -2.31. The molecule has 0 amide bonds. The second kappa shape index (κ2) is 8.49. The zero-order valence-corrected chi connectivity index (χ0v) is 17.0. The molecule has 29 heavy (non-hydrogen) atoms. The van der Waals surface area contributed by atoms with Gasteiger partial charge in [0, 0.05) is 0 Å². The Morgan fingerprint density at radius 1 is 1.14 bits per heavy atom. The van der Waals surface area contributed by atoms with Gasteiger partial charge in [-0.05, 0) is 80.1 Å². The highest BCUT2D eigenvalue weighted by atomic mass is 32.2. The second-order valence-electron chi connectivity index (χ2n) is 8.84. The monoisotopic (exact) mass is 427 g/mol. The number of benzene rings is 1. The molecule has 0 aromatic heterocycles. The third-order valence-corrected chi connectivity index (χ3v) is 7.68. The van der Waals surface area contributed by atoms with E-state index >= 15 is 0 Å². The van der Waals surface area contributed by atoms with E-state index < -0.39 is 23.3 Å². The van der Waals surface area contributed by atoms with E-state index in [4.69, 9.17) is 4.74 Å². The molecule has 0 aliphatic heterocycles. The van der Waals surface area contributed by atoms with Gasteiger partial charge >= 0.3 is 11.2 Å². The number of carbonyl (C=O) groups is 1. The second-order valence-corrected chi connectivity index (χ2v) is 9.66. The average Bonchev–Trinajstić information content (AvgIpc) is 3.37. The van der Waals surface area contributed by atoms with Crippen molar-refractivity contribution in [3.63, 3.8) is 0 Å². The number of ether oxygens (including phenoxy) is 1. The van der Waals surface area contributed by atoms with Crippen molar-refractivity contribution in [2.75, 3.05) is 6.61 Å². The van der Waals surface area contributed by atoms with Crippen LogP contribution >= 0.6 is 12.0 Å². The normalized spacial score (nSPS) is 33.1. The Labute approximate surface area is 173 Å². The van der Waals surface area contributed by atoms with E-state index in [0.717, 1.165) is 25.2 Å². The summed E-state index contributed by atoms with van der Waals surface area (Å²) in [5, 5.41) is 8.60. The zero-order valence-electron chi connectivity index (χ0n) is 16.2. The molecule has 3 fully saturated rings. The highest BCUT2D eigenvalue weighted by Gasteiger charge is 2.56. The van der Waals surface area contributed by atoms with Crippen molar-refractivity contribution in [2.24, 2.45) is 35.5 Å². The number of aryl methyl sites for hydroxylation is 1. The number of fused-ring (bicyclic) bond motifs is 5. The minimum atomic E-state index is -3.96. The van der Waals surface area contributed by atoms with Crippen molar-refractivity contribution in [3.05, 3.63) is 35.4 Å². The van der Waals surface area contributed by atoms with Gasteiger partial charge in [0.25, 0.3) is 0 Å². The number of esters is 1. The predicted octanol–water partition coefficient (Wildman–Crippen LogP) is 3.84. The highest BCUT2D eigenvalue weighted by Crippen LogP contribution is 2.62. The van der Waals surface area contributed by atoms with Crippen molar-refractivity contribution in [1.29, 1.82) is 0 Å². The van der Waals surface area contributed by atoms with Gasteiger partial charge in [0.15, 0.2) is 0 Å². The summed E-state index contributed by atoms with van der Waals surface area (Å²) in [6.07, 6.45) is 5.57. The van der Waals surface area contributed by atoms with Crippen LogP contribution in [0.25, 0.3) is 0 Å². The molecule has 0 saturated heterocycles. The van der Waals surface area contributed by atoms with Crippen LogP contribution in [-0.2, 0) is 25.3 Å². The van der Waals surface area contributed by atoms with Gasteiger partial charge in [-0.2, -0.15) is 13.1 Å². The largest absolute Gasteiger partial charge is 0.691 e. The minimum absolute atomic E-state index is 0.000229. The predicted molar refractivity (Wildman–Crippen MR) is 100.0 cm³/mol. The van der Waals surface area contributed by atoms with Crippen molar-refractivity contribution in [3.8, 4) is 0 Å². The number of hydrogen-bond donors (Lipinski definition) is 0. The van der Waals surface area contributed by atoms with Gasteiger partial charge in [-0.25, -0.2) is 4.79 Å². The Balaban J connectivity index is 1.29. The summed E-state index contributed by atoms with van der Waals surface area (Å²) in [5.41, 5.74) is 2.64. The lowest BCUT2D eigenvalue weighted by molar-refractivity contribution is -0.777. The molecule has 0 radical (unpaired) electrons. The quantitative estimate of drug-likeness (QED) is 0.272. The number of hydrogen-bond acceptors (Lipinski definition) is 6. The molecule has 0 N–H and O–H groups in total. The van der Waals surface area contributed by atoms with Crippen LogP contribution < -0.4 is 5.26 Å². The zero-order chi connectivity index (χ0) is 20.6. The minimum Gasteiger partial charge on any atom is -0.691 e. The maximum absolute atomic E-state index is 13.5. The SMILES string of the molecule is Cc1ccc(CC2CC3C4CC(COC(=O)C(F)(F)SOO[O-])C(C4)C3C2)cc1. The van der Waals surface area contributed by atoms with Crippen molar-refractivity contribution in [1.82, 2.24) is 0 Å². The summed E-state index contributed by atoms with van der Waals surface area (Å²) in [6, 6.07) is 8.73. The third-order valence-electron chi connectivity index (χ3n) is 7.18. The number of halogens is 2. The maximum Gasteiger partial charge on any atom is 0.415 e. The molecule has 2 bridgehead atoms. The molecule has 3 saturated carbocycles. The summed E-state index contributed by atoms with van der Waals surface area (Å²) >= 11 is -0.641. The first-order chi connectivity index (χ1) is 13.9. The van der Waals surface area contributed by atoms with Crippen LogP contribution in [0, 0.1) is 42.4 Å². The van der Waals surface area contributed by atoms with Crippen molar-refractivity contribution >= 4 is 18.0 Å². The van der Waals surface area contributed by atoms with Crippen LogP contribution in [-0.4, -0.2) is 17.8 Å². The number of alkyl halides is 2. The van der Waals surface area contributed by atoms with Crippen LogP contribution in [0.15, 0.2) is 24.3 Å². The topological polar surface area (TPSA) is 67.8 Å². The van der Waals surface area contributed by atoms with E-state index in [2.05, 4.69) is 40.6 Å². The molecule has 4 rings (SSSR count). The van der Waals surface area contributed by atoms with Gasteiger partial charge < -0.3 is 9.99 Å². The molecule has 0 spiro atoms. The molecule has 1 aromatic carbocycles. The first kappa shape index (κ1) is 21.0. The Hall–Kier alpha value is -1.22. The smallest absolute Gasteiger partial charge is 0.415 e. The molecule has 3 aliphatic carbocycles. The van der Waals surface area contributed by atoms with Crippen LogP contribution in [0.1, 0.15) is 36.8 Å². The first-order valence-corrected chi connectivity index (χ1v) is 10.9. The molecule has 0 heterocycles. The standard InChI is InChI=1S/C21H26F2O5S/c1-12-2-4-13(5-3-12)6-14-7-17-15-9-16(18(10-15)19(17)8-14)11-26-20(24)21(22,23)29-28-27-25/h2-5,14-19,25H,6-11H2,1H3/p-1. The summed E-state index contributed by atoms with van der Waals surface area (Å²) in [7, 11) is 0. The Bertz CT molecular complexity index is 728. The van der Waals surface area contributed by atoms with Gasteiger partial charge in [-0.3, -0.25) is 5.04 Å². The van der Waals surface area contributed by atoms with E-state index in [1.54, 1.807) is 0 Å². The van der Waals surface area contributed by atoms with Crippen LogP contribution in [0.4, 0.5) is 8.78 Å². The molecule has 8 heteroatoms. The number of rotatable bonds is 8. The van der Waals surface area contributed by atoms with Crippen molar-refractivity contribution in [2.45, 2.75) is 44.3 Å². The van der Waals surface area contributed by atoms with E-state index in [9.17, 15) is 18.8 Å². The molecule has 3 aliphatic rings. The third kappa shape index (κ3) is 4.45. The molecule has 1 aromatic rings. The van der Waals surface area contributed by atoms with Gasteiger partial charge in [0.2, 0.25) is 0 Å². The summed E-state index contributed by atoms with van der Waals surface area (Å²) in [5.74, 6) is 1.52. The summed E-state index contributed by atoms with van der Waals surface area (Å²) in [4.78, 5) is 11.6. The van der Waals surface area contributed by atoms with Gasteiger partial charge in [-0.1, -0.05) is 29.8 Å². The first-order valence-electron chi connectivity index (χ1n) is 10.1. The lowest BCUT2D eigenvalue weighted by atomic mass is 9.76. The van der Waals surface area contributed by atoms with Gasteiger partial charge in [0.1, 0.15) is 12.0 Å². The van der Waals surface area contributed by atoms with Crippen molar-refractivity contribution < 1.29 is 32.9 Å². The maximum atomic E-state index is 13.5. The highest BCUT2D eigenvalue weighted by molar-refractivity contribution is 7.96. The lowest BCUT2D eigenvalue weighted by Crippen LogP contribution is -2.32. The van der Waals surface area contributed by atoms with Gasteiger partial charge in [0.05, 0.1) is 6.61 Å². The van der Waals surface area contributed by atoms with E-state index in [1.165, 1.54) is 24.0 Å². The average molecular weight is 427 g/mol. The van der Waals surface area contributed by atoms with Gasteiger partial charge in [-0.15, -0.1) is 0 Å². The molecule has 5 nitrogen and oxygen atoms in total. The summed E-state index contributed by atoms with van der Waals surface area (Å²) < 4.78 is 35.5. The van der Waals surface area contributed by atoms with E-state index in [1.807, 2.05) is 0 Å². The van der Waals surface area contributed by atoms with E-state index in [0.29, 0.717) is 23.7 Å². The number of carbonyl (C=O) groups excluding carboxylic acids is 1. The Morgan fingerprint density at radius 2 is 1.86 bits per heavy atom. The fraction of sp³-hybridized carbons (Fsp3) is 0.667. The molecular formula is C21H25F2O5S-. The van der Waals surface area contributed by atoms with Crippen LogP contribution in [0.5, 0.6) is 0 Å². The van der Waals surface area contributed by atoms with Crippen LogP contribution in [0.2, 0.25) is 0 Å². The molecular weight excluding hydrogens is 402 g/mol. The summed E-state index contributed by atoms with van der Waals surface area (Å²) in [6.45, 7) is 2.09. The van der Waals surface area contributed by atoms with E-state index in [-0.39, 0.29) is 12.5 Å². The fourth-order valence-electron chi connectivity index (χ4n) is 6.10. The van der Waals surface area contributed by atoms with Crippen LogP contribution in [0.3, 0.4) is 0 Å². The molecule has 160 valence electrons. The Morgan fingerprint density at radius 3 is 2.59 bits per heavy atom. The molecule has 6 unspecified atom stereocenters.